The lowest BCUT2D eigenvalue weighted by atomic mass is 9.96. The van der Waals surface area contributed by atoms with E-state index in [0.717, 1.165) is 4.88 Å². The van der Waals surface area contributed by atoms with Crippen molar-refractivity contribution in [1.29, 1.82) is 0 Å². The van der Waals surface area contributed by atoms with Crippen molar-refractivity contribution in [3.05, 3.63) is 17.0 Å². The van der Waals surface area contributed by atoms with Crippen LogP contribution < -0.4 is 5.73 Å². The molecule has 0 bridgehead atoms. The molecular weight excluding hydrogens is 330 g/mol. The highest BCUT2D eigenvalue weighted by atomic mass is 32.2. The number of oxime groups is 1. The molecule has 0 radical (unpaired) electrons. The fraction of sp³-hybridized carbons (Fsp3) is 0.583. The maximum Gasteiger partial charge on any atom is 0.252 e. The van der Waals surface area contributed by atoms with Crippen molar-refractivity contribution in [3.63, 3.8) is 0 Å². The molecule has 2 heterocycles. The van der Waals surface area contributed by atoms with E-state index < -0.39 is 14.8 Å². The Balaban J connectivity index is 2.17. The lowest BCUT2D eigenvalue weighted by Gasteiger charge is -2.38. The summed E-state index contributed by atoms with van der Waals surface area (Å²) >= 11 is 2.79. The second-order valence-electron chi connectivity index (χ2n) is 4.95. The number of piperidine rings is 1. The van der Waals surface area contributed by atoms with E-state index in [0.29, 0.717) is 30.1 Å². The van der Waals surface area contributed by atoms with Gasteiger partial charge in [0.15, 0.2) is 5.84 Å². The molecule has 1 aliphatic rings. The zero-order valence-electron chi connectivity index (χ0n) is 11.9. The number of hydrogen-bond acceptors (Lipinski definition) is 6. The molecule has 0 saturated carbocycles. The van der Waals surface area contributed by atoms with Crippen molar-refractivity contribution in [2.45, 2.75) is 28.7 Å². The van der Waals surface area contributed by atoms with Gasteiger partial charge in [-0.25, -0.2) is 8.42 Å². The van der Waals surface area contributed by atoms with Crippen LogP contribution in [0.3, 0.4) is 0 Å². The number of thiophene rings is 1. The molecule has 21 heavy (non-hydrogen) atoms. The predicted molar refractivity (Wildman–Crippen MR) is 86.7 cm³/mol. The van der Waals surface area contributed by atoms with E-state index in [1.165, 1.54) is 27.4 Å². The Hall–Kier alpha value is -0.770. The smallest absolute Gasteiger partial charge is 0.252 e. The van der Waals surface area contributed by atoms with Crippen LogP contribution in [0.1, 0.15) is 17.7 Å². The molecule has 0 spiro atoms. The minimum absolute atomic E-state index is 0.166. The van der Waals surface area contributed by atoms with Crippen molar-refractivity contribution in [2.24, 2.45) is 10.9 Å². The molecule has 1 aromatic heterocycles. The third-order valence-electron chi connectivity index (χ3n) is 3.81. The number of hydrogen-bond donors (Lipinski definition) is 2. The SMILES string of the molecule is CSC1(C(N)=NO)CCN(S(=O)(=O)c2ccc(C)s2)CC1. The van der Waals surface area contributed by atoms with Crippen molar-refractivity contribution in [2.75, 3.05) is 19.3 Å². The summed E-state index contributed by atoms with van der Waals surface area (Å²) in [7, 11) is -3.43. The molecule has 6 nitrogen and oxygen atoms in total. The van der Waals surface area contributed by atoms with Crippen LogP contribution in [-0.2, 0) is 10.0 Å². The number of thioether (sulfide) groups is 1. The van der Waals surface area contributed by atoms with E-state index in [-0.39, 0.29) is 5.84 Å². The van der Waals surface area contributed by atoms with Gasteiger partial charge in [-0.1, -0.05) is 5.16 Å². The van der Waals surface area contributed by atoms with Crippen LogP contribution in [-0.4, -0.2) is 47.9 Å². The summed E-state index contributed by atoms with van der Waals surface area (Å²) in [6.07, 6.45) is 2.96. The van der Waals surface area contributed by atoms with Crippen LogP contribution in [0.15, 0.2) is 21.5 Å². The van der Waals surface area contributed by atoms with Gasteiger partial charge in [0.2, 0.25) is 0 Å². The monoisotopic (exact) mass is 349 g/mol. The highest BCUT2D eigenvalue weighted by Crippen LogP contribution is 2.37. The van der Waals surface area contributed by atoms with Crippen LogP contribution in [0.25, 0.3) is 0 Å². The van der Waals surface area contributed by atoms with Gasteiger partial charge < -0.3 is 10.9 Å². The van der Waals surface area contributed by atoms with E-state index in [2.05, 4.69) is 5.16 Å². The fourth-order valence-electron chi connectivity index (χ4n) is 2.42. The third kappa shape index (κ3) is 3.05. The molecular formula is C12H19N3O3S3. The van der Waals surface area contributed by atoms with Crippen molar-refractivity contribution in [3.8, 4) is 0 Å². The normalized spacial score (nSPS) is 20.6. The van der Waals surface area contributed by atoms with Crippen LogP contribution in [0.2, 0.25) is 0 Å². The number of rotatable bonds is 4. The van der Waals surface area contributed by atoms with E-state index in [1.807, 2.05) is 19.2 Å². The van der Waals surface area contributed by atoms with Gasteiger partial charge in [0.25, 0.3) is 10.0 Å². The number of aryl methyl sites for hydroxylation is 1. The molecule has 0 aromatic carbocycles. The lowest BCUT2D eigenvalue weighted by Crippen LogP contribution is -2.51. The first kappa shape index (κ1) is 16.6. The Morgan fingerprint density at radius 2 is 2.10 bits per heavy atom. The molecule has 0 aliphatic carbocycles. The summed E-state index contributed by atoms with van der Waals surface area (Å²) in [6, 6.07) is 3.46. The van der Waals surface area contributed by atoms with Crippen LogP contribution in [0, 0.1) is 6.92 Å². The van der Waals surface area contributed by atoms with Crippen LogP contribution >= 0.6 is 23.1 Å². The molecule has 0 atom stereocenters. The first-order chi connectivity index (χ1) is 9.85. The van der Waals surface area contributed by atoms with E-state index in [1.54, 1.807) is 6.07 Å². The first-order valence-electron chi connectivity index (χ1n) is 6.45. The minimum Gasteiger partial charge on any atom is -0.409 e. The lowest BCUT2D eigenvalue weighted by molar-refractivity contribution is 0.301. The van der Waals surface area contributed by atoms with Crippen LogP contribution in [0.4, 0.5) is 0 Å². The standard InChI is InChI=1S/C12H19N3O3S3/c1-9-3-4-10(20-9)21(17,18)15-7-5-12(19-2,6-8-15)11(13)14-16/h3-4,16H,5-8H2,1-2H3,(H2,13,14). The second kappa shape index (κ2) is 6.15. The van der Waals surface area contributed by atoms with E-state index in [9.17, 15) is 8.42 Å². The summed E-state index contributed by atoms with van der Waals surface area (Å²) in [4.78, 5) is 0.973. The quantitative estimate of drug-likeness (QED) is 0.373. The molecule has 1 saturated heterocycles. The molecule has 1 fully saturated rings. The molecule has 9 heteroatoms. The van der Waals surface area contributed by atoms with Gasteiger partial charge in [0.1, 0.15) is 4.21 Å². The minimum atomic E-state index is -3.43. The summed E-state index contributed by atoms with van der Waals surface area (Å²) in [5.74, 6) is 0.166. The predicted octanol–water partition coefficient (Wildman–Crippen LogP) is 1.69. The van der Waals surface area contributed by atoms with Gasteiger partial charge in [0.05, 0.1) is 4.75 Å². The molecule has 3 N–H and O–H groups in total. The maximum absolute atomic E-state index is 12.6. The van der Waals surface area contributed by atoms with Gasteiger partial charge in [-0.2, -0.15) is 16.1 Å². The Morgan fingerprint density at radius 1 is 1.48 bits per heavy atom. The molecule has 0 amide bonds. The molecule has 1 aliphatic heterocycles. The zero-order valence-corrected chi connectivity index (χ0v) is 14.4. The van der Waals surface area contributed by atoms with Crippen molar-refractivity contribution < 1.29 is 13.6 Å². The van der Waals surface area contributed by atoms with Crippen LogP contribution in [0.5, 0.6) is 0 Å². The Kier molecular flexibility index (Phi) is 4.86. The Morgan fingerprint density at radius 3 is 2.52 bits per heavy atom. The number of sulfonamides is 1. The van der Waals surface area contributed by atoms with Crippen molar-refractivity contribution in [1.82, 2.24) is 4.31 Å². The topological polar surface area (TPSA) is 96.0 Å². The maximum atomic E-state index is 12.6. The number of nitrogens with two attached hydrogens (primary N) is 1. The fourth-order valence-corrected chi connectivity index (χ4v) is 6.14. The summed E-state index contributed by atoms with van der Waals surface area (Å²) in [6.45, 7) is 2.63. The number of nitrogens with zero attached hydrogens (tertiary/aromatic N) is 2. The first-order valence-corrected chi connectivity index (χ1v) is 9.93. The highest BCUT2D eigenvalue weighted by molar-refractivity contribution is 8.00. The summed E-state index contributed by atoms with van der Waals surface area (Å²) in [5, 5.41) is 12.0. The summed E-state index contributed by atoms with van der Waals surface area (Å²) < 4.78 is 26.5. The number of amidine groups is 1. The Labute approximate surface area is 133 Å². The molecule has 118 valence electrons. The van der Waals surface area contributed by atoms with E-state index >= 15 is 0 Å². The molecule has 0 unspecified atom stereocenters. The van der Waals surface area contributed by atoms with Gasteiger partial charge >= 0.3 is 0 Å². The van der Waals surface area contributed by atoms with Gasteiger partial charge in [-0.05, 0) is 38.2 Å². The average Bonchev–Trinajstić information content (AvgIpc) is 2.93. The molecule has 2 rings (SSSR count). The van der Waals surface area contributed by atoms with Gasteiger partial charge in [-0.15, -0.1) is 11.3 Å². The van der Waals surface area contributed by atoms with Gasteiger partial charge in [-0.3, -0.25) is 0 Å². The highest BCUT2D eigenvalue weighted by Gasteiger charge is 2.41. The van der Waals surface area contributed by atoms with Crippen molar-refractivity contribution >= 4 is 39.0 Å². The average molecular weight is 350 g/mol. The Bertz CT molecular complexity index is 631. The summed E-state index contributed by atoms with van der Waals surface area (Å²) in [5.41, 5.74) is 5.78. The third-order valence-corrected chi connectivity index (χ3v) is 8.57. The molecule has 1 aromatic rings. The van der Waals surface area contributed by atoms with E-state index in [4.69, 9.17) is 10.9 Å². The largest absolute Gasteiger partial charge is 0.409 e. The second-order valence-corrected chi connectivity index (χ2v) is 9.60. The van der Waals surface area contributed by atoms with Gasteiger partial charge in [0, 0.05) is 18.0 Å². The zero-order chi connectivity index (χ0) is 15.7.